The van der Waals surface area contributed by atoms with Crippen LogP contribution in [0.15, 0.2) is 16.4 Å². The summed E-state index contributed by atoms with van der Waals surface area (Å²) in [7, 11) is 0. The average molecular weight is 281 g/mol. The first-order valence-corrected chi connectivity index (χ1v) is 6.84. The highest BCUT2D eigenvalue weighted by Crippen LogP contribution is 2.11. The molecule has 2 aromatic rings. The molecular weight excluding hydrogens is 266 g/mol. The second-order valence-electron chi connectivity index (χ2n) is 4.23. The van der Waals surface area contributed by atoms with Crippen LogP contribution in [0, 0.1) is 6.92 Å². The van der Waals surface area contributed by atoms with Gasteiger partial charge < -0.3 is 10.4 Å². The Labute approximate surface area is 113 Å². The topological polar surface area (TPSA) is 83.7 Å². The molecule has 1 atom stereocenters. The van der Waals surface area contributed by atoms with Gasteiger partial charge in [0.05, 0.1) is 12.6 Å². The molecule has 1 amide bonds. The van der Waals surface area contributed by atoms with Crippen molar-refractivity contribution in [3.8, 4) is 0 Å². The number of rotatable bonds is 4. The van der Waals surface area contributed by atoms with Crippen LogP contribution in [0.1, 0.15) is 29.4 Å². The molecule has 6 nitrogen and oxygen atoms in total. The first kappa shape index (κ1) is 13.7. The first-order valence-electron chi connectivity index (χ1n) is 5.96. The van der Waals surface area contributed by atoms with Gasteiger partial charge in [-0.25, -0.2) is 4.98 Å². The van der Waals surface area contributed by atoms with Gasteiger partial charge in [0.1, 0.15) is 5.56 Å². The molecule has 0 aliphatic heterocycles. The fraction of sp³-hybridized carbons (Fsp3) is 0.417. The summed E-state index contributed by atoms with van der Waals surface area (Å²) in [5, 5.41) is 13.5. The maximum atomic E-state index is 12.2. The van der Waals surface area contributed by atoms with Crippen molar-refractivity contribution in [2.75, 3.05) is 6.61 Å². The van der Waals surface area contributed by atoms with Crippen molar-refractivity contribution in [2.45, 2.75) is 26.3 Å². The summed E-state index contributed by atoms with van der Waals surface area (Å²) >= 11 is 1.35. The molecule has 0 aliphatic carbocycles. The number of aryl methyl sites for hydroxylation is 1. The molecule has 0 aliphatic rings. The van der Waals surface area contributed by atoms with Gasteiger partial charge in [0, 0.05) is 17.3 Å². The van der Waals surface area contributed by atoms with Gasteiger partial charge in [0.25, 0.3) is 11.5 Å². The Bertz CT molecular complexity index is 658. The number of aromatic nitrogens is 2. The Morgan fingerprint density at radius 1 is 1.63 bits per heavy atom. The summed E-state index contributed by atoms with van der Waals surface area (Å²) in [6.07, 6.45) is 1.88. The van der Waals surface area contributed by atoms with Crippen molar-refractivity contribution >= 4 is 22.2 Å². The maximum absolute atomic E-state index is 12.2. The minimum absolute atomic E-state index is 0.00843. The number of amides is 1. The molecule has 0 radical (unpaired) electrons. The predicted octanol–water partition coefficient (Wildman–Crippen LogP) is 0.565. The molecule has 0 saturated carbocycles. The summed E-state index contributed by atoms with van der Waals surface area (Å²) < 4.78 is 1.42. The lowest BCUT2D eigenvalue weighted by Gasteiger charge is -2.13. The van der Waals surface area contributed by atoms with Gasteiger partial charge in [-0.3, -0.25) is 14.0 Å². The molecular formula is C12H15N3O3S. The number of thiazole rings is 1. The van der Waals surface area contributed by atoms with Crippen LogP contribution >= 0.6 is 11.3 Å². The fourth-order valence-corrected chi connectivity index (χ4v) is 2.55. The summed E-state index contributed by atoms with van der Waals surface area (Å²) in [6, 6.07) is -0.351. The SMILES string of the molecule is CCC(CO)NC(=O)c1cnc2scc(C)n2c1=O. The van der Waals surface area contributed by atoms with Gasteiger partial charge in [-0.05, 0) is 13.3 Å². The third kappa shape index (κ3) is 2.52. The molecule has 0 aromatic carbocycles. The summed E-state index contributed by atoms with van der Waals surface area (Å²) in [5.41, 5.74) is 0.362. The smallest absolute Gasteiger partial charge is 0.271 e. The number of aliphatic hydroxyl groups is 1. The Morgan fingerprint density at radius 2 is 2.37 bits per heavy atom. The van der Waals surface area contributed by atoms with Gasteiger partial charge in [-0.15, -0.1) is 11.3 Å². The van der Waals surface area contributed by atoms with Crippen LogP contribution in [0.25, 0.3) is 4.96 Å². The van der Waals surface area contributed by atoms with E-state index in [9.17, 15) is 9.59 Å². The van der Waals surface area contributed by atoms with Crippen molar-refractivity contribution in [1.82, 2.24) is 14.7 Å². The normalized spacial score (nSPS) is 12.6. The number of fused-ring (bicyclic) bond motifs is 1. The molecule has 0 fully saturated rings. The van der Waals surface area contributed by atoms with Gasteiger partial charge in [0.2, 0.25) is 0 Å². The third-order valence-corrected chi connectivity index (χ3v) is 3.87. The number of hydrogen-bond donors (Lipinski definition) is 2. The Hall–Kier alpha value is -1.73. The van der Waals surface area contributed by atoms with Gasteiger partial charge in [0.15, 0.2) is 4.96 Å². The molecule has 19 heavy (non-hydrogen) atoms. The van der Waals surface area contributed by atoms with Crippen LogP contribution in [-0.2, 0) is 0 Å². The van der Waals surface area contributed by atoms with Gasteiger partial charge in [-0.1, -0.05) is 6.92 Å². The van der Waals surface area contributed by atoms with E-state index in [0.717, 1.165) is 5.69 Å². The first-order chi connectivity index (χ1) is 9.08. The minimum atomic E-state index is -0.501. The minimum Gasteiger partial charge on any atom is -0.394 e. The highest BCUT2D eigenvalue weighted by atomic mass is 32.1. The van der Waals surface area contributed by atoms with E-state index in [-0.39, 0.29) is 23.8 Å². The van der Waals surface area contributed by atoms with E-state index in [2.05, 4.69) is 10.3 Å². The lowest BCUT2D eigenvalue weighted by atomic mass is 10.2. The van der Waals surface area contributed by atoms with Crippen molar-refractivity contribution in [3.05, 3.63) is 33.2 Å². The van der Waals surface area contributed by atoms with Crippen molar-refractivity contribution in [3.63, 3.8) is 0 Å². The Kier molecular flexibility index (Phi) is 3.96. The lowest BCUT2D eigenvalue weighted by molar-refractivity contribution is 0.0913. The van der Waals surface area contributed by atoms with Crippen LogP contribution in [0.4, 0.5) is 0 Å². The number of nitrogens with zero attached hydrogens (tertiary/aromatic N) is 2. The van der Waals surface area contributed by atoms with Crippen molar-refractivity contribution in [2.24, 2.45) is 0 Å². The predicted molar refractivity (Wildman–Crippen MR) is 72.7 cm³/mol. The zero-order chi connectivity index (χ0) is 14.0. The van der Waals surface area contributed by atoms with Gasteiger partial charge >= 0.3 is 0 Å². The lowest BCUT2D eigenvalue weighted by Crippen LogP contribution is -2.40. The largest absolute Gasteiger partial charge is 0.394 e. The summed E-state index contributed by atoms with van der Waals surface area (Å²) in [4.78, 5) is 28.9. The molecule has 1 unspecified atom stereocenters. The van der Waals surface area contributed by atoms with E-state index in [1.54, 1.807) is 6.92 Å². The number of hydrogen-bond acceptors (Lipinski definition) is 5. The summed E-state index contributed by atoms with van der Waals surface area (Å²) in [6.45, 7) is 3.48. The molecule has 2 N–H and O–H groups in total. The van der Waals surface area contributed by atoms with Crippen LogP contribution in [0.3, 0.4) is 0 Å². The number of carbonyl (C=O) groups excluding carboxylic acids is 1. The van der Waals surface area contributed by atoms with E-state index < -0.39 is 5.91 Å². The van der Waals surface area contributed by atoms with Crippen molar-refractivity contribution < 1.29 is 9.90 Å². The molecule has 7 heteroatoms. The van der Waals surface area contributed by atoms with E-state index in [4.69, 9.17) is 5.11 Å². The van der Waals surface area contributed by atoms with Crippen LogP contribution in [0.2, 0.25) is 0 Å². The number of nitrogens with one attached hydrogen (secondary N) is 1. The van der Waals surface area contributed by atoms with Crippen LogP contribution < -0.4 is 10.9 Å². The van der Waals surface area contributed by atoms with E-state index in [1.807, 2.05) is 12.3 Å². The monoisotopic (exact) mass is 281 g/mol. The van der Waals surface area contributed by atoms with Crippen LogP contribution in [0.5, 0.6) is 0 Å². The van der Waals surface area contributed by atoms with Crippen molar-refractivity contribution in [1.29, 1.82) is 0 Å². The molecule has 102 valence electrons. The third-order valence-electron chi connectivity index (χ3n) is 2.91. The van der Waals surface area contributed by atoms with E-state index in [1.165, 1.54) is 21.9 Å². The summed E-state index contributed by atoms with van der Waals surface area (Å²) in [5.74, 6) is -0.501. The zero-order valence-corrected chi connectivity index (χ0v) is 11.5. The molecule has 2 rings (SSSR count). The molecule has 0 bridgehead atoms. The molecule has 2 aromatic heterocycles. The Morgan fingerprint density at radius 3 is 3.00 bits per heavy atom. The number of carbonyl (C=O) groups is 1. The quantitative estimate of drug-likeness (QED) is 0.858. The Balaban J connectivity index is 2.40. The molecule has 2 heterocycles. The second-order valence-corrected chi connectivity index (χ2v) is 5.07. The molecule has 0 spiro atoms. The van der Waals surface area contributed by atoms with E-state index >= 15 is 0 Å². The maximum Gasteiger partial charge on any atom is 0.271 e. The highest BCUT2D eigenvalue weighted by Gasteiger charge is 2.17. The second kappa shape index (κ2) is 5.50. The van der Waals surface area contributed by atoms with Crippen LogP contribution in [-0.4, -0.2) is 33.0 Å². The standard InChI is InChI=1S/C12H15N3O3S/c1-3-8(5-16)14-10(17)9-4-13-12-15(11(9)18)7(2)6-19-12/h4,6,8,16H,3,5H2,1-2H3,(H,14,17). The van der Waals surface area contributed by atoms with Gasteiger partial charge in [-0.2, -0.15) is 0 Å². The average Bonchev–Trinajstić information content (AvgIpc) is 2.78. The fourth-order valence-electron chi connectivity index (χ4n) is 1.72. The number of aliphatic hydroxyl groups excluding tert-OH is 1. The zero-order valence-electron chi connectivity index (χ0n) is 10.7. The van der Waals surface area contributed by atoms with E-state index in [0.29, 0.717) is 11.4 Å². The molecule has 0 saturated heterocycles. The highest BCUT2D eigenvalue weighted by molar-refractivity contribution is 7.15.